The molecule has 0 unspecified atom stereocenters. The molecule has 0 saturated carbocycles. The van der Waals surface area contributed by atoms with Gasteiger partial charge in [-0.25, -0.2) is 4.98 Å². The molecule has 1 aliphatic heterocycles. The molecule has 0 atom stereocenters. The van der Waals surface area contributed by atoms with Crippen molar-refractivity contribution in [2.45, 2.75) is 13.0 Å². The summed E-state index contributed by atoms with van der Waals surface area (Å²) in [6, 6.07) is 7.22. The smallest absolute Gasteiger partial charge is 0.254 e. The number of carbonyl (C=O) groups excluding carboxylic acids is 1. The van der Waals surface area contributed by atoms with Crippen molar-refractivity contribution in [1.29, 1.82) is 0 Å². The Morgan fingerprint density at radius 3 is 3.15 bits per heavy atom. The van der Waals surface area contributed by atoms with Gasteiger partial charge in [-0.05, 0) is 18.2 Å². The Bertz CT molecular complexity index is 654. The van der Waals surface area contributed by atoms with Crippen molar-refractivity contribution in [3.8, 4) is 5.75 Å². The summed E-state index contributed by atoms with van der Waals surface area (Å²) in [6.07, 6.45) is 0.763. The summed E-state index contributed by atoms with van der Waals surface area (Å²) in [5, 5.41) is 0.575. The first-order valence-corrected chi connectivity index (χ1v) is 7.16. The number of ether oxygens (including phenoxy) is 1. The van der Waals surface area contributed by atoms with Crippen molar-refractivity contribution in [1.82, 2.24) is 9.88 Å². The van der Waals surface area contributed by atoms with Gasteiger partial charge in [0.25, 0.3) is 5.91 Å². The monoisotopic (exact) mass is 289 g/mol. The number of nitrogen functional groups attached to an aromatic ring is 1. The molecule has 1 amide bonds. The van der Waals surface area contributed by atoms with Crippen LogP contribution < -0.4 is 10.5 Å². The highest BCUT2D eigenvalue weighted by Gasteiger charge is 2.24. The fourth-order valence-corrected chi connectivity index (χ4v) is 3.22. The van der Waals surface area contributed by atoms with Gasteiger partial charge < -0.3 is 15.4 Å². The van der Waals surface area contributed by atoms with Crippen molar-refractivity contribution >= 4 is 22.4 Å². The molecule has 6 heteroatoms. The lowest BCUT2D eigenvalue weighted by Crippen LogP contribution is -2.35. The van der Waals surface area contributed by atoms with Gasteiger partial charge >= 0.3 is 0 Å². The third kappa shape index (κ3) is 2.34. The fraction of sp³-hybridized carbons (Fsp3) is 0.286. The van der Waals surface area contributed by atoms with Gasteiger partial charge in [0, 0.05) is 23.4 Å². The van der Waals surface area contributed by atoms with E-state index in [1.807, 2.05) is 17.0 Å². The van der Waals surface area contributed by atoms with Crippen LogP contribution in [0.5, 0.6) is 5.75 Å². The number of amides is 1. The molecule has 0 bridgehead atoms. The van der Waals surface area contributed by atoms with Crippen LogP contribution in [0, 0.1) is 0 Å². The maximum absolute atomic E-state index is 12.5. The lowest BCUT2D eigenvalue weighted by Gasteiger charge is -2.26. The summed E-state index contributed by atoms with van der Waals surface area (Å²) >= 11 is 1.46. The number of benzene rings is 1. The molecule has 3 rings (SSSR count). The van der Waals surface area contributed by atoms with Gasteiger partial charge in [0.15, 0.2) is 5.13 Å². The summed E-state index contributed by atoms with van der Waals surface area (Å²) in [5.74, 6) is 0.706. The van der Waals surface area contributed by atoms with Crippen molar-refractivity contribution in [2.24, 2.45) is 0 Å². The predicted molar refractivity (Wildman–Crippen MR) is 78.0 cm³/mol. The second-order valence-electron chi connectivity index (χ2n) is 4.63. The van der Waals surface area contributed by atoms with Crippen LogP contribution in [0.15, 0.2) is 24.3 Å². The Balaban J connectivity index is 1.81. The molecule has 0 fully saturated rings. The summed E-state index contributed by atoms with van der Waals surface area (Å²) in [4.78, 5) is 19.7. The zero-order valence-corrected chi connectivity index (χ0v) is 11.9. The van der Waals surface area contributed by atoms with E-state index < -0.39 is 0 Å². The SMILES string of the molecule is COc1cccc(C(=O)N2CCc3nc(N)sc3C2)c1. The number of hydrogen-bond donors (Lipinski definition) is 1. The largest absolute Gasteiger partial charge is 0.497 e. The van der Waals surface area contributed by atoms with Crippen LogP contribution in [-0.2, 0) is 13.0 Å². The van der Waals surface area contributed by atoms with Gasteiger partial charge in [-0.1, -0.05) is 6.07 Å². The van der Waals surface area contributed by atoms with Gasteiger partial charge in [0.05, 0.1) is 19.3 Å². The highest BCUT2D eigenvalue weighted by Crippen LogP contribution is 2.27. The van der Waals surface area contributed by atoms with Crippen LogP contribution in [0.25, 0.3) is 0 Å². The van der Waals surface area contributed by atoms with Crippen molar-refractivity contribution < 1.29 is 9.53 Å². The minimum atomic E-state index is 0.0153. The van der Waals surface area contributed by atoms with Crippen molar-refractivity contribution in [2.75, 3.05) is 19.4 Å². The average molecular weight is 289 g/mol. The number of nitrogens with two attached hydrogens (primary N) is 1. The van der Waals surface area contributed by atoms with E-state index in [0.717, 1.165) is 17.0 Å². The molecule has 2 aromatic rings. The van der Waals surface area contributed by atoms with Gasteiger partial charge in [-0.2, -0.15) is 0 Å². The van der Waals surface area contributed by atoms with E-state index in [9.17, 15) is 4.79 Å². The van der Waals surface area contributed by atoms with Gasteiger partial charge in [0.1, 0.15) is 5.75 Å². The average Bonchev–Trinajstić information content (AvgIpc) is 2.85. The van der Waals surface area contributed by atoms with Gasteiger partial charge in [-0.3, -0.25) is 4.79 Å². The van der Waals surface area contributed by atoms with Crippen LogP contribution in [0.2, 0.25) is 0 Å². The molecular formula is C14H15N3O2S. The molecule has 1 aromatic carbocycles. The Labute approximate surface area is 121 Å². The minimum Gasteiger partial charge on any atom is -0.497 e. The van der Waals surface area contributed by atoms with Crippen LogP contribution in [0.3, 0.4) is 0 Å². The second kappa shape index (κ2) is 5.13. The lowest BCUT2D eigenvalue weighted by atomic mass is 10.1. The number of thiazole rings is 1. The molecule has 20 heavy (non-hydrogen) atoms. The quantitative estimate of drug-likeness (QED) is 0.917. The Kier molecular flexibility index (Phi) is 3.31. The van der Waals surface area contributed by atoms with E-state index in [4.69, 9.17) is 10.5 Å². The molecule has 104 valence electrons. The summed E-state index contributed by atoms with van der Waals surface area (Å²) in [6.45, 7) is 1.26. The number of nitrogens with zero attached hydrogens (tertiary/aromatic N) is 2. The van der Waals surface area contributed by atoms with E-state index in [1.54, 1.807) is 19.2 Å². The number of methoxy groups -OCH3 is 1. The van der Waals surface area contributed by atoms with E-state index in [0.29, 0.717) is 29.5 Å². The summed E-state index contributed by atoms with van der Waals surface area (Å²) in [7, 11) is 1.59. The Hall–Kier alpha value is -2.08. The number of rotatable bonds is 2. The molecule has 0 saturated heterocycles. The highest BCUT2D eigenvalue weighted by atomic mass is 32.1. The highest BCUT2D eigenvalue weighted by molar-refractivity contribution is 7.15. The molecule has 5 nitrogen and oxygen atoms in total. The number of anilines is 1. The maximum Gasteiger partial charge on any atom is 0.254 e. The third-order valence-corrected chi connectivity index (χ3v) is 4.26. The van der Waals surface area contributed by atoms with Crippen LogP contribution in [0.4, 0.5) is 5.13 Å². The van der Waals surface area contributed by atoms with E-state index >= 15 is 0 Å². The molecule has 1 aromatic heterocycles. The van der Waals surface area contributed by atoms with E-state index in [1.165, 1.54) is 11.3 Å². The first-order chi connectivity index (χ1) is 9.67. The molecule has 1 aliphatic rings. The fourth-order valence-electron chi connectivity index (χ4n) is 2.33. The van der Waals surface area contributed by atoms with Gasteiger partial charge in [0.2, 0.25) is 0 Å². The minimum absolute atomic E-state index is 0.0153. The second-order valence-corrected chi connectivity index (χ2v) is 5.75. The zero-order chi connectivity index (χ0) is 14.1. The number of carbonyl (C=O) groups is 1. The first kappa shape index (κ1) is 12.9. The Morgan fingerprint density at radius 1 is 1.50 bits per heavy atom. The maximum atomic E-state index is 12.5. The molecule has 0 aliphatic carbocycles. The summed E-state index contributed by atoms with van der Waals surface area (Å²) < 4.78 is 5.16. The number of fused-ring (bicyclic) bond motifs is 1. The molecule has 2 heterocycles. The topological polar surface area (TPSA) is 68.5 Å². The van der Waals surface area contributed by atoms with Crippen molar-refractivity contribution in [3.05, 3.63) is 40.4 Å². The van der Waals surface area contributed by atoms with E-state index in [-0.39, 0.29) is 5.91 Å². The lowest BCUT2D eigenvalue weighted by molar-refractivity contribution is 0.0736. The van der Waals surface area contributed by atoms with Crippen LogP contribution in [0.1, 0.15) is 20.9 Å². The van der Waals surface area contributed by atoms with E-state index in [2.05, 4.69) is 4.98 Å². The first-order valence-electron chi connectivity index (χ1n) is 6.35. The van der Waals surface area contributed by atoms with Crippen LogP contribution in [-0.4, -0.2) is 29.4 Å². The molecular weight excluding hydrogens is 274 g/mol. The molecule has 2 N–H and O–H groups in total. The standard InChI is InChI=1S/C14H15N3O2S/c1-19-10-4-2-3-9(7-10)13(18)17-6-5-11-12(8-17)20-14(15)16-11/h2-4,7H,5-6,8H2,1H3,(H2,15,16). The van der Waals surface area contributed by atoms with Crippen LogP contribution >= 0.6 is 11.3 Å². The number of aromatic nitrogens is 1. The number of hydrogen-bond acceptors (Lipinski definition) is 5. The normalized spacial score (nSPS) is 13.9. The molecule has 0 spiro atoms. The van der Waals surface area contributed by atoms with Gasteiger partial charge in [-0.15, -0.1) is 11.3 Å². The van der Waals surface area contributed by atoms with Crippen molar-refractivity contribution in [3.63, 3.8) is 0 Å². The summed E-state index contributed by atoms with van der Waals surface area (Å²) in [5.41, 5.74) is 7.39. The third-order valence-electron chi connectivity index (χ3n) is 3.35. The Morgan fingerprint density at radius 2 is 2.35 bits per heavy atom. The zero-order valence-electron chi connectivity index (χ0n) is 11.1. The molecule has 0 radical (unpaired) electrons. The predicted octanol–water partition coefficient (Wildman–Crippen LogP) is 1.93.